The highest BCUT2D eigenvalue weighted by Crippen LogP contribution is 2.46. The van der Waals surface area contributed by atoms with E-state index >= 15 is 0 Å². The van der Waals surface area contributed by atoms with Gasteiger partial charge in [-0.25, -0.2) is 0 Å². The molecule has 5 aromatic rings. The first kappa shape index (κ1) is 28.2. The van der Waals surface area contributed by atoms with Gasteiger partial charge in [0.05, 0.1) is 11.4 Å². The molecule has 41 heavy (non-hydrogen) atoms. The SMILES string of the molecule is CCCCCCC(CC)N(c1ccccc1-c1ccccc1)c1ccccc1N(c1ccccc1)c1ccccc1. The van der Waals surface area contributed by atoms with Crippen molar-refractivity contribution in [3.05, 3.63) is 140 Å². The van der Waals surface area contributed by atoms with Crippen molar-refractivity contribution >= 4 is 28.4 Å². The van der Waals surface area contributed by atoms with E-state index in [9.17, 15) is 0 Å². The molecule has 0 N–H and O–H groups in total. The Balaban J connectivity index is 1.71. The van der Waals surface area contributed by atoms with Crippen LogP contribution < -0.4 is 9.80 Å². The van der Waals surface area contributed by atoms with Crippen LogP contribution >= 0.6 is 0 Å². The van der Waals surface area contributed by atoms with E-state index in [1.165, 1.54) is 53.9 Å². The lowest BCUT2D eigenvalue weighted by Crippen LogP contribution is -2.32. The third-order valence-electron chi connectivity index (χ3n) is 7.89. The van der Waals surface area contributed by atoms with E-state index in [1.807, 2.05) is 0 Å². The molecule has 0 aromatic heterocycles. The van der Waals surface area contributed by atoms with Crippen molar-refractivity contribution < 1.29 is 0 Å². The van der Waals surface area contributed by atoms with Crippen LogP contribution in [0.3, 0.4) is 0 Å². The van der Waals surface area contributed by atoms with Crippen molar-refractivity contribution in [1.82, 2.24) is 0 Å². The summed E-state index contributed by atoms with van der Waals surface area (Å²) >= 11 is 0. The fraction of sp³-hybridized carbons (Fsp3) is 0.231. The van der Waals surface area contributed by atoms with E-state index in [2.05, 4.69) is 163 Å². The highest BCUT2D eigenvalue weighted by molar-refractivity contribution is 5.91. The number of nitrogens with zero attached hydrogens (tertiary/aromatic N) is 2. The van der Waals surface area contributed by atoms with Crippen LogP contribution in [-0.4, -0.2) is 6.04 Å². The van der Waals surface area contributed by atoms with E-state index in [0.29, 0.717) is 6.04 Å². The molecule has 208 valence electrons. The molecule has 0 bridgehead atoms. The summed E-state index contributed by atoms with van der Waals surface area (Å²) in [6, 6.07) is 50.6. The Morgan fingerprint density at radius 3 is 1.59 bits per heavy atom. The van der Waals surface area contributed by atoms with Crippen molar-refractivity contribution in [2.24, 2.45) is 0 Å². The number of unbranched alkanes of at least 4 members (excludes halogenated alkanes) is 3. The first-order valence-electron chi connectivity index (χ1n) is 15.2. The maximum atomic E-state index is 2.64. The van der Waals surface area contributed by atoms with Crippen LogP contribution in [0.15, 0.2) is 140 Å². The molecule has 5 rings (SSSR count). The number of hydrogen-bond acceptors (Lipinski definition) is 2. The summed E-state index contributed by atoms with van der Waals surface area (Å²) in [5.41, 5.74) is 8.48. The zero-order chi connectivity index (χ0) is 28.3. The van der Waals surface area contributed by atoms with E-state index < -0.39 is 0 Å². The largest absolute Gasteiger partial charge is 0.336 e. The predicted octanol–water partition coefficient (Wildman–Crippen LogP) is 11.7. The predicted molar refractivity (Wildman–Crippen MR) is 178 cm³/mol. The summed E-state index contributed by atoms with van der Waals surface area (Å²) in [5.74, 6) is 0. The van der Waals surface area contributed by atoms with Gasteiger partial charge >= 0.3 is 0 Å². The second-order valence-electron chi connectivity index (χ2n) is 10.7. The number of benzene rings is 5. The molecule has 2 nitrogen and oxygen atoms in total. The Hall–Kier alpha value is -4.30. The van der Waals surface area contributed by atoms with Gasteiger partial charge in [-0.05, 0) is 60.9 Å². The van der Waals surface area contributed by atoms with Gasteiger partial charge in [-0.3, -0.25) is 0 Å². The summed E-state index contributed by atoms with van der Waals surface area (Å²) in [4.78, 5) is 5.04. The third kappa shape index (κ3) is 6.72. The highest BCUT2D eigenvalue weighted by atomic mass is 15.2. The molecule has 0 saturated carbocycles. The monoisotopic (exact) mass is 538 g/mol. The summed E-state index contributed by atoms with van der Waals surface area (Å²) in [5, 5.41) is 0. The molecule has 1 atom stereocenters. The van der Waals surface area contributed by atoms with Crippen LogP contribution in [0.25, 0.3) is 11.1 Å². The smallest absolute Gasteiger partial charge is 0.0698 e. The summed E-state index contributed by atoms with van der Waals surface area (Å²) in [6.45, 7) is 4.63. The maximum absolute atomic E-state index is 2.64. The lowest BCUT2D eigenvalue weighted by Gasteiger charge is -2.38. The number of para-hydroxylation sites is 5. The lowest BCUT2D eigenvalue weighted by atomic mass is 9.97. The van der Waals surface area contributed by atoms with Crippen LogP contribution in [0, 0.1) is 0 Å². The minimum absolute atomic E-state index is 0.367. The first-order chi connectivity index (χ1) is 20.3. The quantitative estimate of drug-likeness (QED) is 0.138. The second-order valence-corrected chi connectivity index (χ2v) is 10.7. The highest BCUT2D eigenvalue weighted by Gasteiger charge is 2.26. The molecule has 0 amide bonds. The second kappa shape index (κ2) is 14.4. The molecule has 0 radical (unpaired) electrons. The van der Waals surface area contributed by atoms with Crippen LogP contribution in [0.2, 0.25) is 0 Å². The molecule has 0 fully saturated rings. The molecule has 2 heteroatoms. The maximum Gasteiger partial charge on any atom is 0.0698 e. The third-order valence-corrected chi connectivity index (χ3v) is 7.89. The first-order valence-corrected chi connectivity index (χ1v) is 15.2. The molecule has 0 heterocycles. The Bertz CT molecular complexity index is 1420. The minimum atomic E-state index is 0.367. The molecular weight excluding hydrogens is 496 g/mol. The summed E-state index contributed by atoms with van der Waals surface area (Å²) < 4.78 is 0. The summed E-state index contributed by atoms with van der Waals surface area (Å²) in [6.07, 6.45) is 7.29. The van der Waals surface area contributed by atoms with Gasteiger partial charge in [-0.1, -0.05) is 137 Å². The van der Waals surface area contributed by atoms with Crippen LogP contribution in [0.1, 0.15) is 52.4 Å². The molecule has 0 spiro atoms. The Morgan fingerprint density at radius 2 is 1.00 bits per heavy atom. The number of rotatable bonds is 13. The molecule has 0 aliphatic carbocycles. The zero-order valence-corrected chi connectivity index (χ0v) is 24.5. The fourth-order valence-corrected chi connectivity index (χ4v) is 5.83. The topological polar surface area (TPSA) is 6.48 Å². The molecular formula is C39H42N2. The van der Waals surface area contributed by atoms with Crippen molar-refractivity contribution in [1.29, 1.82) is 0 Å². The van der Waals surface area contributed by atoms with Gasteiger partial charge in [0, 0.05) is 28.7 Å². The average molecular weight is 539 g/mol. The zero-order valence-electron chi connectivity index (χ0n) is 24.5. The van der Waals surface area contributed by atoms with Gasteiger partial charge in [0.2, 0.25) is 0 Å². The molecule has 0 aliphatic heterocycles. The minimum Gasteiger partial charge on any atom is -0.336 e. The van der Waals surface area contributed by atoms with E-state index in [4.69, 9.17) is 0 Å². The molecule has 0 aliphatic rings. The van der Waals surface area contributed by atoms with E-state index in [-0.39, 0.29) is 0 Å². The Morgan fingerprint density at radius 1 is 0.488 bits per heavy atom. The molecule has 5 aromatic carbocycles. The van der Waals surface area contributed by atoms with Crippen molar-refractivity contribution in [2.75, 3.05) is 9.80 Å². The van der Waals surface area contributed by atoms with Crippen molar-refractivity contribution in [2.45, 2.75) is 58.4 Å². The molecule has 0 saturated heterocycles. The van der Waals surface area contributed by atoms with Crippen LogP contribution in [-0.2, 0) is 0 Å². The standard InChI is InChI=1S/C39H42N2/c1-3-5-6-12-23-33(4-2)41(37-29-18-17-28-36(37)32-21-10-7-11-22-32)39-31-20-19-30-38(39)40(34-24-13-8-14-25-34)35-26-15-9-16-27-35/h7-11,13-22,24-31,33H,3-6,12,23H2,1-2H3. The van der Waals surface area contributed by atoms with E-state index in [0.717, 1.165) is 24.2 Å². The lowest BCUT2D eigenvalue weighted by molar-refractivity contribution is 0.529. The fourth-order valence-electron chi connectivity index (χ4n) is 5.83. The van der Waals surface area contributed by atoms with Crippen molar-refractivity contribution in [3.63, 3.8) is 0 Å². The summed E-state index contributed by atoms with van der Waals surface area (Å²) in [7, 11) is 0. The van der Waals surface area contributed by atoms with Gasteiger partial charge in [0.1, 0.15) is 0 Å². The van der Waals surface area contributed by atoms with Gasteiger partial charge in [-0.15, -0.1) is 0 Å². The van der Waals surface area contributed by atoms with E-state index in [1.54, 1.807) is 0 Å². The van der Waals surface area contributed by atoms with Crippen LogP contribution in [0.4, 0.5) is 28.4 Å². The Kier molecular flexibility index (Phi) is 9.89. The average Bonchev–Trinajstić information content (AvgIpc) is 3.05. The van der Waals surface area contributed by atoms with Gasteiger partial charge in [0.15, 0.2) is 0 Å². The van der Waals surface area contributed by atoms with Crippen LogP contribution in [0.5, 0.6) is 0 Å². The molecule has 1 unspecified atom stereocenters. The number of anilines is 5. The van der Waals surface area contributed by atoms with Gasteiger partial charge < -0.3 is 9.80 Å². The van der Waals surface area contributed by atoms with Gasteiger partial charge in [0.25, 0.3) is 0 Å². The number of hydrogen-bond donors (Lipinski definition) is 0. The normalized spacial score (nSPS) is 11.7. The van der Waals surface area contributed by atoms with Gasteiger partial charge in [-0.2, -0.15) is 0 Å². The Labute approximate surface area is 246 Å². The van der Waals surface area contributed by atoms with Crippen molar-refractivity contribution in [3.8, 4) is 11.1 Å².